The molecule has 2 aromatic rings. The molecule has 0 bridgehead atoms. The van der Waals surface area contributed by atoms with E-state index >= 15 is 0 Å². The molecule has 1 aliphatic heterocycles. The lowest BCUT2D eigenvalue weighted by Gasteiger charge is -2.05. The van der Waals surface area contributed by atoms with Crippen LogP contribution in [0.4, 0.5) is 5.69 Å². The van der Waals surface area contributed by atoms with Crippen molar-refractivity contribution in [2.75, 3.05) is 11.9 Å². The fourth-order valence-electron chi connectivity index (χ4n) is 2.21. The molecule has 102 valence electrons. The Hall–Kier alpha value is -2.56. The van der Waals surface area contributed by atoms with Crippen molar-refractivity contribution in [2.24, 2.45) is 0 Å². The Morgan fingerprint density at radius 1 is 1.40 bits per heavy atom. The van der Waals surface area contributed by atoms with Crippen LogP contribution in [-0.4, -0.2) is 22.5 Å². The molecule has 3 rings (SSSR count). The Labute approximate surface area is 116 Å². The maximum Gasteiger partial charge on any atom is 0.256 e. The maximum absolute atomic E-state index is 12.0. The number of carbonyl (C=O) groups is 1. The number of carbonyl (C=O) groups excluding carboxylic acids is 1. The number of nitrogens with zero attached hydrogens (tertiary/aromatic N) is 1. The Morgan fingerprint density at radius 2 is 2.25 bits per heavy atom. The summed E-state index contributed by atoms with van der Waals surface area (Å²) in [6, 6.07) is 5.58. The smallest absolute Gasteiger partial charge is 0.256 e. The third-order valence-electron chi connectivity index (χ3n) is 3.09. The highest BCUT2D eigenvalue weighted by Crippen LogP contribution is 2.35. The van der Waals surface area contributed by atoms with E-state index in [4.69, 9.17) is 4.74 Å². The first-order valence-corrected chi connectivity index (χ1v) is 6.49. The van der Waals surface area contributed by atoms with Crippen molar-refractivity contribution in [3.05, 3.63) is 41.5 Å². The van der Waals surface area contributed by atoms with E-state index in [1.165, 1.54) is 0 Å². The molecule has 0 saturated heterocycles. The summed E-state index contributed by atoms with van der Waals surface area (Å²) < 4.78 is 5.48. The molecule has 0 radical (unpaired) electrons. The van der Waals surface area contributed by atoms with Crippen LogP contribution in [0.2, 0.25) is 0 Å². The summed E-state index contributed by atoms with van der Waals surface area (Å²) in [5.41, 5.74) is 3.19. The summed E-state index contributed by atoms with van der Waals surface area (Å²) in [6.07, 6.45) is 3.49. The van der Waals surface area contributed by atoms with Gasteiger partial charge < -0.3 is 15.0 Å². The van der Waals surface area contributed by atoms with Crippen molar-refractivity contribution in [3.8, 4) is 5.75 Å². The van der Waals surface area contributed by atoms with Gasteiger partial charge in [-0.2, -0.15) is 0 Å². The van der Waals surface area contributed by atoms with Crippen LogP contribution in [0.5, 0.6) is 5.75 Å². The number of ether oxygens (including phenoxy) is 1. The van der Waals surface area contributed by atoms with Gasteiger partial charge in [-0.15, -0.1) is 0 Å². The number of anilines is 1. The normalized spacial score (nSPS) is 15.3. The number of amides is 1. The van der Waals surface area contributed by atoms with Crippen LogP contribution in [0.25, 0.3) is 11.6 Å². The van der Waals surface area contributed by atoms with Gasteiger partial charge in [0.15, 0.2) is 0 Å². The van der Waals surface area contributed by atoms with Crippen LogP contribution in [-0.2, 0) is 4.79 Å². The summed E-state index contributed by atoms with van der Waals surface area (Å²) in [4.78, 5) is 19.3. The fourth-order valence-corrected chi connectivity index (χ4v) is 2.21. The number of aromatic nitrogens is 2. The minimum absolute atomic E-state index is 0.122. The van der Waals surface area contributed by atoms with Gasteiger partial charge in [0.25, 0.3) is 5.91 Å². The number of rotatable bonds is 3. The maximum atomic E-state index is 12.0. The molecule has 1 amide bonds. The standard InChI is InChI=1S/C15H15N3O2/c1-3-20-10-4-5-13-11(6-10)12(15(19)18-13)7-14-16-8-9(2)17-14/h4-8H,3H2,1-2H3,(H,16,17)(H,18,19). The van der Waals surface area contributed by atoms with Crippen molar-refractivity contribution in [2.45, 2.75) is 13.8 Å². The molecule has 0 saturated carbocycles. The number of hydrogen-bond donors (Lipinski definition) is 2. The molecule has 0 atom stereocenters. The lowest BCUT2D eigenvalue weighted by atomic mass is 10.1. The quantitative estimate of drug-likeness (QED) is 0.842. The van der Waals surface area contributed by atoms with Crippen LogP contribution < -0.4 is 10.1 Å². The summed E-state index contributed by atoms with van der Waals surface area (Å²) in [5, 5.41) is 2.84. The predicted molar refractivity (Wildman–Crippen MR) is 77.4 cm³/mol. The van der Waals surface area contributed by atoms with Crippen molar-refractivity contribution in [1.29, 1.82) is 0 Å². The summed E-state index contributed by atoms with van der Waals surface area (Å²) in [7, 11) is 0. The van der Waals surface area contributed by atoms with Gasteiger partial charge in [-0.3, -0.25) is 4.79 Å². The molecule has 5 heteroatoms. The van der Waals surface area contributed by atoms with Gasteiger partial charge in [-0.25, -0.2) is 4.98 Å². The third-order valence-corrected chi connectivity index (χ3v) is 3.09. The van der Waals surface area contributed by atoms with Gasteiger partial charge in [-0.05, 0) is 38.1 Å². The largest absolute Gasteiger partial charge is 0.494 e. The highest BCUT2D eigenvalue weighted by molar-refractivity contribution is 6.34. The Kier molecular flexibility index (Phi) is 3.02. The second kappa shape index (κ2) is 4.85. The van der Waals surface area contributed by atoms with Crippen LogP contribution in [0.15, 0.2) is 24.4 Å². The molecule has 0 spiro atoms. The number of H-pyrrole nitrogens is 1. The van der Waals surface area contributed by atoms with E-state index < -0.39 is 0 Å². The number of benzene rings is 1. The van der Waals surface area contributed by atoms with Gasteiger partial charge in [0.05, 0.1) is 12.2 Å². The number of fused-ring (bicyclic) bond motifs is 1. The van der Waals surface area contributed by atoms with Gasteiger partial charge in [0.1, 0.15) is 11.6 Å². The molecular weight excluding hydrogens is 254 g/mol. The monoisotopic (exact) mass is 269 g/mol. The molecule has 0 aliphatic carbocycles. The predicted octanol–water partition coefficient (Wildman–Crippen LogP) is 2.61. The Bertz CT molecular complexity index is 701. The van der Waals surface area contributed by atoms with Crippen LogP contribution in [0.1, 0.15) is 24.0 Å². The Balaban J connectivity index is 2.03. The van der Waals surface area contributed by atoms with Crippen molar-refractivity contribution >= 4 is 23.2 Å². The lowest BCUT2D eigenvalue weighted by Crippen LogP contribution is -2.03. The second-order valence-electron chi connectivity index (χ2n) is 4.60. The van der Waals surface area contributed by atoms with Crippen molar-refractivity contribution in [3.63, 3.8) is 0 Å². The average molecular weight is 269 g/mol. The topological polar surface area (TPSA) is 67.0 Å². The van der Waals surface area contributed by atoms with Crippen molar-refractivity contribution in [1.82, 2.24) is 9.97 Å². The minimum atomic E-state index is -0.122. The zero-order valence-corrected chi connectivity index (χ0v) is 11.4. The van der Waals surface area contributed by atoms with Gasteiger partial charge in [-0.1, -0.05) is 0 Å². The molecule has 0 unspecified atom stereocenters. The molecule has 1 aromatic carbocycles. The molecule has 0 fully saturated rings. The summed E-state index contributed by atoms with van der Waals surface area (Å²) >= 11 is 0. The van der Waals surface area contributed by atoms with E-state index in [1.807, 2.05) is 32.0 Å². The zero-order valence-electron chi connectivity index (χ0n) is 11.4. The molecule has 5 nitrogen and oxygen atoms in total. The molecule has 2 heterocycles. The first kappa shape index (κ1) is 12.5. The SMILES string of the molecule is CCOc1ccc2c(c1)C(=Cc1ncc(C)[nH]1)C(=O)N2. The third kappa shape index (κ3) is 2.18. The Morgan fingerprint density at radius 3 is 2.95 bits per heavy atom. The highest BCUT2D eigenvalue weighted by Gasteiger charge is 2.24. The van der Waals surface area contributed by atoms with E-state index in [-0.39, 0.29) is 5.91 Å². The summed E-state index contributed by atoms with van der Waals surface area (Å²) in [5.74, 6) is 1.30. The number of aryl methyl sites for hydroxylation is 1. The fraction of sp³-hybridized carbons (Fsp3) is 0.200. The molecule has 1 aromatic heterocycles. The van der Waals surface area contributed by atoms with Crippen LogP contribution in [0, 0.1) is 6.92 Å². The van der Waals surface area contributed by atoms with Gasteiger partial charge >= 0.3 is 0 Å². The second-order valence-corrected chi connectivity index (χ2v) is 4.60. The van der Waals surface area contributed by atoms with E-state index in [1.54, 1.807) is 12.3 Å². The van der Waals surface area contributed by atoms with Gasteiger partial charge in [0.2, 0.25) is 0 Å². The summed E-state index contributed by atoms with van der Waals surface area (Å²) in [6.45, 7) is 4.44. The van der Waals surface area contributed by atoms with E-state index in [2.05, 4.69) is 15.3 Å². The molecule has 20 heavy (non-hydrogen) atoms. The molecule has 2 N–H and O–H groups in total. The zero-order chi connectivity index (χ0) is 14.1. The first-order chi connectivity index (χ1) is 9.67. The average Bonchev–Trinajstić information content (AvgIpc) is 2.96. The number of aromatic amines is 1. The van der Waals surface area contributed by atoms with Gasteiger partial charge in [0, 0.05) is 23.1 Å². The number of hydrogen-bond acceptors (Lipinski definition) is 3. The molecule has 1 aliphatic rings. The highest BCUT2D eigenvalue weighted by atomic mass is 16.5. The van der Waals surface area contributed by atoms with E-state index in [0.717, 1.165) is 22.7 Å². The number of nitrogens with one attached hydrogen (secondary N) is 2. The van der Waals surface area contributed by atoms with Crippen molar-refractivity contribution < 1.29 is 9.53 Å². The van der Waals surface area contributed by atoms with Crippen LogP contribution >= 0.6 is 0 Å². The lowest BCUT2D eigenvalue weighted by molar-refractivity contribution is -0.110. The van der Waals surface area contributed by atoms with E-state index in [9.17, 15) is 4.79 Å². The first-order valence-electron chi connectivity index (χ1n) is 6.49. The molecular formula is C15H15N3O2. The van der Waals surface area contributed by atoms with E-state index in [0.29, 0.717) is 18.0 Å². The number of imidazole rings is 1. The van der Waals surface area contributed by atoms with Crippen LogP contribution in [0.3, 0.4) is 0 Å². The minimum Gasteiger partial charge on any atom is -0.494 e.